The second kappa shape index (κ2) is 49.5. The maximum absolute atomic E-state index is 13.5. The van der Waals surface area contributed by atoms with E-state index in [1.165, 1.54) is 141 Å². The predicted molar refractivity (Wildman–Crippen MR) is 293 cm³/mol. The van der Waals surface area contributed by atoms with Crippen molar-refractivity contribution in [3.63, 3.8) is 0 Å². The van der Waals surface area contributed by atoms with Gasteiger partial charge >= 0.3 is 5.97 Å². The summed E-state index contributed by atoms with van der Waals surface area (Å²) < 4.78 is 30.2. The van der Waals surface area contributed by atoms with Crippen LogP contribution in [0.5, 0.6) is 0 Å². The smallest absolute Gasteiger partial charge is 0.306 e. The molecule has 0 bridgehead atoms. The van der Waals surface area contributed by atoms with Crippen molar-refractivity contribution in [2.24, 2.45) is 0 Å². The Morgan fingerprint density at radius 1 is 0.507 bits per heavy atom. The third-order valence-corrected chi connectivity index (χ3v) is 13.7. The van der Waals surface area contributed by atoms with Crippen molar-refractivity contribution in [1.82, 2.24) is 5.32 Å². The maximum atomic E-state index is 13.5. The molecule has 0 spiro atoms. The molecule has 0 aromatic rings. The summed E-state index contributed by atoms with van der Waals surface area (Å²) in [5.74, 6) is -0.552. The van der Waals surface area contributed by atoms with Crippen LogP contribution >= 0.6 is 7.82 Å². The van der Waals surface area contributed by atoms with Crippen LogP contribution in [0.15, 0.2) is 48.6 Å². The van der Waals surface area contributed by atoms with Gasteiger partial charge in [-0.15, -0.1) is 0 Å². The third-order valence-electron chi connectivity index (χ3n) is 12.7. The number of hydrogen-bond acceptors (Lipinski definition) is 7. The molecule has 0 aliphatic carbocycles. The highest BCUT2D eigenvalue weighted by molar-refractivity contribution is 7.45. The van der Waals surface area contributed by atoms with Crippen LogP contribution in [-0.2, 0) is 27.9 Å². The van der Waals surface area contributed by atoms with E-state index in [2.05, 4.69) is 62.5 Å². The zero-order valence-electron chi connectivity index (χ0n) is 46.0. The first-order chi connectivity index (χ1) is 33.4. The second-order valence-electron chi connectivity index (χ2n) is 20.8. The second-order valence-corrected chi connectivity index (χ2v) is 22.2. The Balaban J connectivity index is 5.19. The third kappa shape index (κ3) is 50.7. The molecule has 404 valence electrons. The summed E-state index contributed by atoms with van der Waals surface area (Å²) in [6.45, 7) is 6.77. The van der Waals surface area contributed by atoms with Crippen LogP contribution in [-0.4, -0.2) is 69.4 Å². The molecule has 3 atom stereocenters. The highest BCUT2D eigenvalue weighted by Gasteiger charge is 2.27. The molecule has 0 heterocycles. The van der Waals surface area contributed by atoms with Crippen molar-refractivity contribution < 1.29 is 37.3 Å². The molecule has 1 N–H and O–H groups in total. The number of nitrogens with zero attached hydrogens (tertiary/aromatic N) is 1. The van der Waals surface area contributed by atoms with E-state index in [9.17, 15) is 19.0 Å². The fraction of sp³-hybridized carbons (Fsp3) is 0.831. The Kier molecular flexibility index (Phi) is 48.1. The van der Waals surface area contributed by atoms with Crippen molar-refractivity contribution in [3.8, 4) is 0 Å². The molecule has 0 aromatic carbocycles. The molecule has 0 aromatic heterocycles. The summed E-state index contributed by atoms with van der Waals surface area (Å²) in [6, 6.07) is -0.890. The lowest BCUT2D eigenvalue weighted by atomic mass is 10.0. The number of likely N-dealkylation sites (N-methyl/N-ethyl adjacent to an activating group) is 1. The van der Waals surface area contributed by atoms with Gasteiger partial charge in [0.2, 0.25) is 5.91 Å². The number of nitrogens with one attached hydrogen (secondary N) is 1. The van der Waals surface area contributed by atoms with E-state index in [4.69, 9.17) is 13.8 Å². The maximum Gasteiger partial charge on any atom is 0.306 e. The molecular weight excluding hydrogens is 880 g/mol. The largest absolute Gasteiger partial charge is 0.756 e. The molecule has 0 aliphatic rings. The number of phosphoric acid groups is 1. The highest BCUT2D eigenvalue weighted by atomic mass is 31.2. The van der Waals surface area contributed by atoms with Crippen LogP contribution in [0.3, 0.4) is 0 Å². The lowest BCUT2D eigenvalue weighted by Crippen LogP contribution is -2.47. The Hall–Kier alpha value is -2.03. The van der Waals surface area contributed by atoms with E-state index in [-0.39, 0.29) is 24.9 Å². The van der Waals surface area contributed by atoms with Crippen molar-refractivity contribution in [1.29, 1.82) is 0 Å². The Morgan fingerprint density at radius 3 is 1.39 bits per heavy atom. The molecular formula is C59H111N2O7P. The molecule has 1 amide bonds. The normalized spacial score (nSPS) is 14.1. The van der Waals surface area contributed by atoms with E-state index >= 15 is 0 Å². The van der Waals surface area contributed by atoms with Crippen LogP contribution in [0.2, 0.25) is 0 Å². The van der Waals surface area contributed by atoms with Gasteiger partial charge in [-0.3, -0.25) is 14.2 Å². The molecule has 0 aliphatic heterocycles. The van der Waals surface area contributed by atoms with Gasteiger partial charge in [0, 0.05) is 12.8 Å². The van der Waals surface area contributed by atoms with E-state index < -0.39 is 26.6 Å². The van der Waals surface area contributed by atoms with Crippen LogP contribution in [0.4, 0.5) is 0 Å². The van der Waals surface area contributed by atoms with Gasteiger partial charge in [-0.05, 0) is 83.1 Å². The summed E-state index contributed by atoms with van der Waals surface area (Å²) >= 11 is 0. The minimum atomic E-state index is -4.69. The summed E-state index contributed by atoms with van der Waals surface area (Å²) in [4.78, 5) is 39.8. The molecule has 3 unspecified atom stereocenters. The predicted octanol–water partition coefficient (Wildman–Crippen LogP) is 16.7. The standard InChI is InChI=1S/C59H111N2O7P/c1-7-10-13-16-19-22-25-26-27-28-29-30-31-32-33-34-37-39-42-45-48-51-58(62)60-56(55-67-69(64,65)66-54-53-61(4,5)6)57(50-47-44-41-38-35-23-20-17-14-11-8-2)68-59(63)52-49-46-43-40-36-24-21-18-15-12-9-3/h18-19,21-22,26-27,47,50,56-57H,7-17,20,23-25,28-46,48-49,51-55H2,1-6H3,(H-,60,62,64,65)/b21-18-,22-19-,27-26-,50-47-. The first-order valence-electron chi connectivity index (χ1n) is 28.9. The fourth-order valence-electron chi connectivity index (χ4n) is 8.18. The van der Waals surface area contributed by atoms with Crippen molar-refractivity contribution in [2.45, 2.75) is 277 Å². The van der Waals surface area contributed by atoms with Gasteiger partial charge in [0.25, 0.3) is 7.82 Å². The number of carbonyl (C=O) groups excluding carboxylic acids is 2. The quantitative estimate of drug-likeness (QED) is 0.0212. The molecule has 0 saturated heterocycles. The van der Waals surface area contributed by atoms with Crippen LogP contribution in [0.1, 0.15) is 265 Å². The van der Waals surface area contributed by atoms with Gasteiger partial charge in [0.15, 0.2) is 0 Å². The molecule has 0 saturated carbocycles. The average Bonchev–Trinajstić information content (AvgIpc) is 3.31. The van der Waals surface area contributed by atoms with E-state index in [1.807, 2.05) is 33.3 Å². The molecule has 10 heteroatoms. The monoisotopic (exact) mass is 991 g/mol. The average molecular weight is 992 g/mol. The van der Waals surface area contributed by atoms with Crippen LogP contribution in [0, 0.1) is 0 Å². The number of hydrogen-bond donors (Lipinski definition) is 1. The molecule has 69 heavy (non-hydrogen) atoms. The van der Waals surface area contributed by atoms with Crippen molar-refractivity contribution in [2.75, 3.05) is 40.9 Å². The molecule has 0 fully saturated rings. The number of rotatable bonds is 52. The van der Waals surface area contributed by atoms with Gasteiger partial charge in [-0.2, -0.15) is 0 Å². The van der Waals surface area contributed by atoms with Gasteiger partial charge in [-0.1, -0.05) is 217 Å². The zero-order chi connectivity index (χ0) is 50.8. The van der Waals surface area contributed by atoms with Crippen LogP contribution < -0.4 is 10.2 Å². The minimum Gasteiger partial charge on any atom is -0.756 e. The van der Waals surface area contributed by atoms with Crippen molar-refractivity contribution >= 4 is 19.7 Å². The summed E-state index contributed by atoms with van der Waals surface area (Å²) in [6.07, 6.45) is 59.3. The van der Waals surface area contributed by atoms with Gasteiger partial charge < -0.3 is 28.5 Å². The van der Waals surface area contributed by atoms with Crippen LogP contribution in [0.25, 0.3) is 0 Å². The number of carbonyl (C=O) groups is 2. The number of unbranched alkanes of at least 4 members (excludes halogenated alkanes) is 30. The van der Waals surface area contributed by atoms with E-state index in [0.717, 1.165) is 89.9 Å². The first kappa shape index (κ1) is 67.0. The Bertz CT molecular complexity index is 1330. The Morgan fingerprint density at radius 2 is 0.899 bits per heavy atom. The van der Waals surface area contributed by atoms with E-state index in [0.29, 0.717) is 17.4 Å². The summed E-state index contributed by atoms with van der Waals surface area (Å²) in [5.41, 5.74) is 0. The minimum absolute atomic E-state index is 0.0239. The van der Waals surface area contributed by atoms with Gasteiger partial charge in [0.05, 0.1) is 33.8 Å². The number of phosphoric ester groups is 1. The summed E-state index contributed by atoms with van der Waals surface area (Å²) in [7, 11) is 1.18. The number of allylic oxidation sites excluding steroid dienone is 7. The zero-order valence-corrected chi connectivity index (χ0v) is 46.9. The number of esters is 1. The van der Waals surface area contributed by atoms with Gasteiger partial charge in [0.1, 0.15) is 19.3 Å². The number of amides is 1. The first-order valence-corrected chi connectivity index (χ1v) is 30.4. The van der Waals surface area contributed by atoms with Crippen molar-refractivity contribution in [3.05, 3.63) is 48.6 Å². The summed E-state index contributed by atoms with van der Waals surface area (Å²) in [5, 5.41) is 3.02. The Labute approximate surface area is 427 Å². The fourth-order valence-corrected chi connectivity index (χ4v) is 8.90. The van der Waals surface area contributed by atoms with E-state index in [1.54, 1.807) is 0 Å². The lowest BCUT2D eigenvalue weighted by molar-refractivity contribution is -0.870. The van der Waals surface area contributed by atoms with Gasteiger partial charge in [-0.25, -0.2) is 0 Å². The lowest BCUT2D eigenvalue weighted by Gasteiger charge is -2.30. The molecule has 0 rings (SSSR count). The SMILES string of the molecule is CCCC/C=C\CCCCCCCC(=O)OC(/C=C\CCCCCCCCCCC)C(COP(=O)([O-])OCC[N+](C)(C)C)NC(=O)CCCCCCCCCCCCC/C=C\C/C=C\CCCCC. The molecule has 0 radical (unpaired) electrons. The molecule has 9 nitrogen and oxygen atoms in total. The number of ether oxygens (including phenoxy) is 1. The topological polar surface area (TPSA) is 114 Å². The highest BCUT2D eigenvalue weighted by Crippen LogP contribution is 2.38. The number of quaternary nitrogens is 1.